The molecule has 0 amide bonds. The van der Waals surface area contributed by atoms with Crippen LogP contribution < -0.4 is 14.6 Å². The molecule has 0 heterocycles. The van der Waals surface area contributed by atoms with Crippen molar-refractivity contribution in [2.75, 3.05) is 13.2 Å². The number of carbonyl (C=O) groups excluding carboxylic acids is 1. The first kappa shape index (κ1) is 24.3. The number of rotatable bonds is 7. The fraction of sp³-hybridized carbons (Fsp3) is 0.350. The van der Waals surface area contributed by atoms with Gasteiger partial charge in [0.1, 0.15) is 24.7 Å². The summed E-state index contributed by atoms with van der Waals surface area (Å²) in [6.07, 6.45) is -12.0. The summed E-state index contributed by atoms with van der Waals surface area (Å²) in [7, 11) is 0. The zero-order valence-electron chi connectivity index (χ0n) is 16.2. The standard InChI is InChI=1S/C20H18F6O5/c1-11-9-14(18(29,19(21,22)23)20(24,25)26)10-12(2)16(11)31-8-7-30-15-5-3-13(4-6-15)17(27)28/h3-6,9-10,29H,7-8H2,1-2H3,(H,27,28)/p-1. The molecule has 0 radical (unpaired) electrons. The average Bonchev–Trinajstić information content (AvgIpc) is 2.64. The molecule has 0 aliphatic heterocycles. The molecule has 1 N–H and O–H groups in total. The Kier molecular flexibility index (Phi) is 6.79. The van der Waals surface area contributed by atoms with E-state index in [-0.39, 0.29) is 35.7 Å². The fourth-order valence-corrected chi connectivity index (χ4v) is 2.87. The van der Waals surface area contributed by atoms with Crippen LogP contribution in [0.25, 0.3) is 0 Å². The third kappa shape index (κ3) is 5.04. The molecule has 0 atom stereocenters. The summed E-state index contributed by atoms with van der Waals surface area (Å²) in [5.41, 5.74) is -6.51. The first-order valence-electron chi connectivity index (χ1n) is 8.73. The van der Waals surface area contributed by atoms with E-state index in [0.29, 0.717) is 17.9 Å². The molecule has 31 heavy (non-hydrogen) atoms. The first-order chi connectivity index (χ1) is 14.2. The van der Waals surface area contributed by atoms with E-state index in [0.717, 1.165) is 0 Å². The minimum absolute atomic E-state index is 0.0413. The Labute approximate surface area is 172 Å². The van der Waals surface area contributed by atoms with E-state index in [1.54, 1.807) is 0 Å². The lowest BCUT2D eigenvalue weighted by atomic mass is 9.89. The predicted octanol–water partition coefficient (Wildman–Crippen LogP) is 3.44. The Morgan fingerprint density at radius 3 is 1.77 bits per heavy atom. The van der Waals surface area contributed by atoms with E-state index in [1.807, 2.05) is 0 Å². The number of carboxylic acids is 1. The summed E-state index contributed by atoms with van der Waals surface area (Å²) >= 11 is 0. The number of ether oxygens (including phenoxy) is 2. The second-order valence-electron chi connectivity index (χ2n) is 6.65. The lowest BCUT2D eigenvalue weighted by Crippen LogP contribution is -2.54. The Morgan fingerprint density at radius 2 is 1.35 bits per heavy atom. The maximum atomic E-state index is 13.1. The van der Waals surface area contributed by atoms with Gasteiger partial charge in [-0.05, 0) is 66.9 Å². The molecule has 0 saturated heterocycles. The van der Waals surface area contributed by atoms with Gasteiger partial charge in [-0.25, -0.2) is 0 Å². The molecule has 0 bridgehead atoms. The second-order valence-corrected chi connectivity index (χ2v) is 6.65. The summed E-state index contributed by atoms with van der Waals surface area (Å²) in [4.78, 5) is 10.7. The van der Waals surface area contributed by atoms with Crippen molar-refractivity contribution < 1.29 is 50.8 Å². The van der Waals surface area contributed by atoms with Gasteiger partial charge in [-0.3, -0.25) is 0 Å². The van der Waals surface area contributed by atoms with Crippen molar-refractivity contribution in [3.8, 4) is 11.5 Å². The number of hydrogen-bond donors (Lipinski definition) is 1. The normalized spacial score (nSPS) is 12.5. The number of aromatic carboxylic acids is 1. The Morgan fingerprint density at radius 1 is 0.903 bits per heavy atom. The average molecular weight is 451 g/mol. The number of aliphatic hydroxyl groups is 1. The highest BCUT2D eigenvalue weighted by atomic mass is 19.4. The van der Waals surface area contributed by atoms with Crippen LogP contribution in [0, 0.1) is 13.8 Å². The monoisotopic (exact) mass is 451 g/mol. The summed E-state index contributed by atoms with van der Waals surface area (Å²) in [6.45, 7) is 2.35. The highest BCUT2D eigenvalue weighted by Crippen LogP contribution is 2.50. The Hall–Kier alpha value is -2.95. The first-order valence-corrected chi connectivity index (χ1v) is 8.73. The molecule has 5 nitrogen and oxygen atoms in total. The molecule has 2 rings (SSSR count). The van der Waals surface area contributed by atoms with Gasteiger partial charge in [0.25, 0.3) is 5.60 Å². The predicted molar refractivity (Wildman–Crippen MR) is 93.7 cm³/mol. The van der Waals surface area contributed by atoms with Gasteiger partial charge >= 0.3 is 12.4 Å². The maximum Gasteiger partial charge on any atom is 0.430 e. The second kappa shape index (κ2) is 8.66. The van der Waals surface area contributed by atoms with Crippen molar-refractivity contribution in [1.82, 2.24) is 0 Å². The number of carbonyl (C=O) groups is 1. The van der Waals surface area contributed by atoms with Gasteiger partial charge in [0, 0.05) is 5.56 Å². The number of hydrogen-bond acceptors (Lipinski definition) is 5. The molecule has 0 fully saturated rings. The van der Waals surface area contributed by atoms with Gasteiger partial charge in [-0.2, -0.15) is 26.3 Å². The van der Waals surface area contributed by atoms with Gasteiger partial charge in [-0.1, -0.05) is 0 Å². The van der Waals surface area contributed by atoms with Gasteiger partial charge in [0.15, 0.2) is 0 Å². The molecule has 0 saturated carbocycles. The van der Waals surface area contributed by atoms with Crippen LogP contribution in [-0.4, -0.2) is 36.6 Å². The lowest BCUT2D eigenvalue weighted by Gasteiger charge is -2.33. The smallest absolute Gasteiger partial charge is 0.430 e. The molecule has 0 aliphatic carbocycles. The molecule has 0 aliphatic rings. The van der Waals surface area contributed by atoms with Crippen LogP contribution in [0.1, 0.15) is 27.0 Å². The van der Waals surface area contributed by atoms with E-state index in [1.165, 1.54) is 38.1 Å². The largest absolute Gasteiger partial charge is 0.545 e. The van der Waals surface area contributed by atoms with Gasteiger partial charge in [-0.15, -0.1) is 0 Å². The van der Waals surface area contributed by atoms with Crippen LogP contribution in [0.5, 0.6) is 11.5 Å². The van der Waals surface area contributed by atoms with Crippen molar-refractivity contribution in [3.05, 3.63) is 58.7 Å². The van der Waals surface area contributed by atoms with Crippen LogP contribution >= 0.6 is 0 Å². The van der Waals surface area contributed by atoms with Crippen molar-refractivity contribution >= 4 is 5.97 Å². The minimum Gasteiger partial charge on any atom is -0.545 e. The summed E-state index contributed by atoms with van der Waals surface area (Å²) in [5.74, 6) is -0.989. The van der Waals surface area contributed by atoms with Crippen molar-refractivity contribution in [3.63, 3.8) is 0 Å². The van der Waals surface area contributed by atoms with Crippen molar-refractivity contribution in [2.24, 2.45) is 0 Å². The minimum atomic E-state index is -5.98. The zero-order chi connectivity index (χ0) is 23.6. The molecule has 2 aromatic rings. The van der Waals surface area contributed by atoms with Gasteiger partial charge in [0.05, 0.1) is 5.97 Å². The highest BCUT2D eigenvalue weighted by molar-refractivity contribution is 5.85. The van der Waals surface area contributed by atoms with Crippen LogP contribution in [0.3, 0.4) is 0 Å². The van der Waals surface area contributed by atoms with Gasteiger partial charge in [0.2, 0.25) is 0 Å². The van der Waals surface area contributed by atoms with E-state index in [9.17, 15) is 41.4 Å². The van der Waals surface area contributed by atoms with Crippen LogP contribution in [0.4, 0.5) is 26.3 Å². The Balaban J connectivity index is 2.13. The number of aryl methyl sites for hydroxylation is 2. The quantitative estimate of drug-likeness (QED) is 0.516. The molecule has 2 aromatic carbocycles. The molecule has 0 unspecified atom stereocenters. The number of halogens is 6. The maximum absolute atomic E-state index is 13.1. The summed E-state index contributed by atoms with van der Waals surface area (Å²) < 4.78 is 89.2. The van der Waals surface area contributed by atoms with Gasteiger partial charge < -0.3 is 24.5 Å². The summed E-state index contributed by atoms with van der Waals surface area (Å²) in [5, 5.41) is 20.2. The zero-order valence-corrected chi connectivity index (χ0v) is 16.2. The van der Waals surface area contributed by atoms with Crippen molar-refractivity contribution in [1.29, 1.82) is 0 Å². The molecule has 170 valence electrons. The number of benzene rings is 2. The van der Waals surface area contributed by atoms with E-state index in [4.69, 9.17) is 9.47 Å². The SMILES string of the molecule is Cc1cc(C(O)(C(F)(F)F)C(F)(F)F)cc(C)c1OCCOc1ccc(C(=O)[O-])cc1. The molecule has 0 spiro atoms. The van der Waals surface area contributed by atoms with E-state index < -0.39 is 29.5 Å². The number of alkyl halides is 6. The third-order valence-electron chi connectivity index (χ3n) is 4.39. The lowest BCUT2D eigenvalue weighted by molar-refractivity contribution is -0.376. The third-order valence-corrected chi connectivity index (χ3v) is 4.39. The van der Waals surface area contributed by atoms with Crippen LogP contribution in [0.15, 0.2) is 36.4 Å². The molecule has 0 aromatic heterocycles. The summed E-state index contributed by atoms with van der Waals surface area (Å²) in [6, 6.07) is 6.44. The molecular formula is C20H17F6O5-. The fourth-order valence-electron chi connectivity index (χ4n) is 2.87. The van der Waals surface area contributed by atoms with Crippen molar-refractivity contribution in [2.45, 2.75) is 31.8 Å². The van der Waals surface area contributed by atoms with Crippen LogP contribution in [-0.2, 0) is 5.60 Å². The number of carboxylic acid groups (broad SMARTS) is 1. The van der Waals surface area contributed by atoms with E-state index in [2.05, 4.69) is 0 Å². The van der Waals surface area contributed by atoms with E-state index >= 15 is 0 Å². The topological polar surface area (TPSA) is 78.8 Å². The highest BCUT2D eigenvalue weighted by Gasteiger charge is 2.71. The van der Waals surface area contributed by atoms with Crippen LogP contribution in [0.2, 0.25) is 0 Å². The molecule has 11 heteroatoms. The Bertz CT molecular complexity index is 898. The molecular weight excluding hydrogens is 434 g/mol.